The maximum atomic E-state index is 11.0. The molecule has 0 radical (unpaired) electrons. The van der Waals surface area contributed by atoms with Gasteiger partial charge < -0.3 is 14.8 Å². The highest BCUT2D eigenvalue weighted by molar-refractivity contribution is 5.84. The van der Waals surface area contributed by atoms with E-state index < -0.39 is 0 Å². The Morgan fingerprint density at radius 1 is 1.10 bits per heavy atom. The van der Waals surface area contributed by atoms with Gasteiger partial charge in [0.05, 0.1) is 20.6 Å². The van der Waals surface area contributed by atoms with Gasteiger partial charge in [0.15, 0.2) is 0 Å². The monoisotopic (exact) mass is 273 g/mol. The van der Waals surface area contributed by atoms with Crippen LogP contribution in [-0.2, 0) is 16.1 Å². The zero-order valence-electron chi connectivity index (χ0n) is 11.8. The van der Waals surface area contributed by atoms with Crippen LogP contribution in [-0.4, -0.2) is 26.7 Å². The van der Waals surface area contributed by atoms with E-state index in [1.165, 1.54) is 18.1 Å². The maximum Gasteiger partial charge on any atom is 0.306 e. The molecule has 0 unspecified atom stereocenters. The molecule has 0 atom stereocenters. The third-order valence-corrected chi connectivity index (χ3v) is 3.17. The van der Waals surface area contributed by atoms with Crippen LogP contribution in [0.1, 0.15) is 12.0 Å². The largest absolute Gasteiger partial charge is 0.497 e. The second-order valence-electron chi connectivity index (χ2n) is 4.55. The van der Waals surface area contributed by atoms with Crippen molar-refractivity contribution < 1.29 is 14.3 Å². The number of rotatable bonds is 6. The Bertz CT molecular complexity index is 595. The van der Waals surface area contributed by atoms with Gasteiger partial charge in [-0.2, -0.15) is 0 Å². The highest BCUT2D eigenvalue weighted by Gasteiger charge is 2.01. The van der Waals surface area contributed by atoms with Crippen molar-refractivity contribution in [3.8, 4) is 5.75 Å². The predicted molar refractivity (Wildman–Crippen MR) is 78.8 cm³/mol. The lowest BCUT2D eigenvalue weighted by Gasteiger charge is -2.07. The summed E-state index contributed by atoms with van der Waals surface area (Å²) < 4.78 is 9.80. The Hall–Kier alpha value is -2.07. The highest BCUT2D eigenvalue weighted by atomic mass is 16.5. The third kappa shape index (κ3) is 3.71. The summed E-state index contributed by atoms with van der Waals surface area (Å²) in [7, 11) is 3.07. The van der Waals surface area contributed by atoms with E-state index in [0.717, 1.165) is 17.7 Å². The minimum absolute atomic E-state index is 0.192. The van der Waals surface area contributed by atoms with Crippen molar-refractivity contribution in [3.63, 3.8) is 0 Å². The molecule has 4 nitrogen and oxygen atoms in total. The van der Waals surface area contributed by atoms with Crippen LogP contribution in [0.4, 0.5) is 0 Å². The Kier molecular flexibility index (Phi) is 4.96. The lowest BCUT2D eigenvalue weighted by atomic mass is 10.1. The van der Waals surface area contributed by atoms with E-state index in [1.807, 2.05) is 18.2 Å². The number of hydrogen-bond donors (Lipinski definition) is 1. The standard InChI is InChI=1S/C16H19NO3/c1-19-15-6-5-13-9-12(3-4-14(13)10-15)11-17-8-7-16(18)20-2/h3-6,9-10,17H,7-8,11H2,1-2H3. The van der Waals surface area contributed by atoms with Crippen LogP contribution < -0.4 is 10.1 Å². The summed E-state index contributed by atoms with van der Waals surface area (Å²) in [6.07, 6.45) is 0.390. The van der Waals surface area contributed by atoms with Gasteiger partial charge in [0, 0.05) is 13.1 Å². The van der Waals surface area contributed by atoms with Crippen molar-refractivity contribution in [2.45, 2.75) is 13.0 Å². The van der Waals surface area contributed by atoms with Crippen LogP contribution >= 0.6 is 0 Å². The first-order valence-corrected chi connectivity index (χ1v) is 6.57. The van der Waals surface area contributed by atoms with Gasteiger partial charge in [-0.25, -0.2) is 0 Å². The summed E-state index contributed by atoms with van der Waals surface area (Å²) in [6.45, 7) is 1.35. The number of hydrogen-bond acceptors (Lipinski definition) is 4. The molecule has 0 amide bonds. The van der Waals surface area contributed by atoms with Crippen molar-refractivity contribution in [2.75, 3.05) is 20.8 Å². The van der Waals surface area contributed by atoms with Crippen LogP contribution in [0.2, 0.25) is 0 Å². The Morgan fingerprint density at radius 2 is 1.85 bits per heavy atom. The van der Waals surface area contributed by atoms with E-state index in [2.05, 4.69) is 28.3 Å². The third-order valence-electron chi connectivity index (χ3n) is 3.17. The van der Waals surface area contributed by atoms with Crippen LogP contribution in [0.15, 0.2) is 36.4 Å². The van der Waals surface area contributed by atoms with Gasteiger partial charge in [-0.1, -0.05) is 18.2 Å². The summed E-state index contributed by atoms with van der Waals surface area (Å²) in [5.41, 5.74) is 1.19. The molecule has 1 N–H and O–H groups in total. The molecule has 0 aliphatic heterocycles. The van der Waals surface area contributed by atoms with E-state index in [-0.39, 0.29) is 5.97 Å². The number of benzene rings is 2. The van der Waals surface area contributed by atoms with Crippen molar-refractivity contribution in [3.05, 3.63) is 42.0 Å². The lowest BCUT2D eigenvalue weighted by molar-refractivity contribution is -0.140. The number of carbonyl (C=O) groups excluding carboxylic acids is 1. The van der Waals surface area contributed by atoms with Crippen molar-refractivity contribution in [1.82, 2.24) is 5.32 Å². The van der Waals surface area contributed by atoms with Gasteiger partial charge >= 0.3 is 5.97 Å². The van der Waals surface area contributed by atoms with Gasteiger partial charge in [-0.05, 0) is 34.5 Å². The summed E-state index contributed by atoms with van der Waals surface area (Å²) in [6, 6.07) is 12.3. The normalized spacial score (nSPS) is 10.5. The molecule has 0 heterocycles. The fourth-order valence-corrected chi connectivity index (χ4v) is 2.04. The molecule has 0 bridgehead atoms. The van der Waals surface area contributed by atoms with Gasteiger partial charge in [-0.3, -0.25) is 4.79 Å². The fraction of sp³-hybridized carbons (Fsp3) is 0.312. The van der Waals surface area contributed by atoms with Gasteiger partial charge in [-0.15, -0.1) is 0 Å². The first-order chi connectivity index (χ1) is 9.72. The maximum absolute atomic E-state index is 11.0. The summed E-state index contributed by atoms with van der Waals surface area (Å²) >= 11 is 0. The minimum Gasteiger partial charge on any atom is -0.497 e. The average molecular weight is 273 g/mol. The molecule has 106 valence electrons. The van der Waals surface area contributed by atoms with Crippen molar-refractivity contribution >= 4 is 16.7 Å². The fourth-order valence-electron chi connectivity index (χ4n) is 2.04. The van der Waals surface area contributed by atoms with Crippen LogP contribution in [0.25, 0.3) is 10.8 Å². The average Bonchev–Trinajstić information content (AvgIpc) is 2.50. The van der Waals surface area contributed by atoms with Crippen molar-refractivity contribution in [2.24, 2.45) is 0 Å². The summed E-state index contributed by atoms with van der Waals surface area (Å²) in [5, 5.41) is 5.56. The molecule has 0 fully saturated rings. The predicted octanol–water partition coefficient (Wildman–Crippen LogP) is 2.50. The van der Waals surface area contributed by atoms with E-state index in [9.17, 15) is 4.79 Å². The molecule has 0 aromatic heterocycles. The topological polar surface area (TPSA) is 47.6 Å². The molecule has 0 spiro atoms. The van der Waals surface area contributed by atoms with Crippen molar-refractivity contribution in [1.29, 1.82) is 0 Å². The second-order valence-corrected chi connectivity index (χ2v) is 4.55. The zero-order chi connectivity index (χ0) is 14.4. The molecule has 2 aromatic rings. The Morgan fingerprint density at radius 3 is 2.60 bits per heavy atom. The molecule has 2 rings (SSSR count). The van der Waals surface area contributed by atoms with Gasteiger partial charge in [0.1, 0.15) is 5.75 Å². The number of nitrogens with one attached hydrogen (secondary N) is 1. The molecule has 0 aliphatic carbocycles. The number of fused-ring (bicyclic) bond motifs is 1. The molecular formula is C16H19NO3. The lowest BCUT2D eigenvalue weighted by Crippen LogP contribution is -2.18. The van der Waals surface area contributed by atoms with E-state index in [1.54, 1.807) is 7.11 Å². The SMILES string of the molecule is COC(=O)CCNCc1ccc2cc(OC)ccc2c1. The molecule has 0 saturated carbocycles. The highest BCUT2D eigenvalue weighted by Crippen LogP contribution is 2.21. The molecule has 20 heavy (non-hydrogen) atoms. The second kappa shape index (κ2) is 6.91. The van der Waals surface area contributed by atoms with Gasteiger partial charge in [0.25, 0.3) is 0 Å². The number of esters is 1. The number of ether oxygens (including phenoxy) is 2. The van der Waals surface area contributed by atoms with E-state index in [4.69, 9.17) is 4.74 Å². The van der Waals surface area contributed by atoms with E-state index in [0.29, 0.717) is 13.0 Å². The Balaban J connectivity index is 1.96. The zero-order valence-corrected chi connectivity index (χ0v) is 11.8. The quantitative estimate of drug-likeness (QED) is 0.649. The molecule has 0 saturated heterocycles. The number of methoxy groups -OCH3 is 2. The first-order valence-electron chi connectivity index (χ1n) is 6.57. The number of carbonyl (C=O) groups is 1. The Labute approximate surface area is 118 Å². The van der Waals surface area contributed by atoms with Crippen LogP contribution in [0.5, 0.6) is 5.75 Å². The van der Waals surface area contributed by atoms with Gasteiger partial charge in [0.2, 0.25) is 0 Å². The first kappa shape index (κ1) is 14.3. The molecular weight excluding hydrogens is 254 g/mol. The van der Waals surface area contributed by atoms with Crippen LogP contribution in [0, 0.1) is 0 Å². The summed E-state index contributed by atoms with van der Waals surface area (Å²) in [4.78, 5) is 11.0. The summed E-state index contributed by atoms with van der Waals surface area (Å²) in [5.74, 6) is 0.671. The van der Waals surface area contributed by atoms with E-state index >= 15 is 0 Å². The minimum atomic E-state index is -0.192. The molecule has 4 heteroatoms. The molecule has 0 aliphatic rings. The van der Waals surface area contributed by atoms with Crippen LogP contribution in [0.3, 0.4) is 0 Å². The smallest absolute Gasteiger partial charge is 0.306 e. The molecule has 2 aromatic carbocycles.